The minimum Gasteiger partial charge on any atom is -0.453 e. The van der Waals surface area contributed by atoms with Gasteiger partial charge in [-0.3, -0.25) is 9.59 Å². The van der Waals surface area contributed by atoms with E-state index < -0.39 is 5.60 Å². The van der Waals surface area contributed by atoms with Crippen LogP contribution in [0.2, 0.25) is 0 Å². The molecule has 9 nitrogen and oxygen atoms in total. The summed E-state index contributed by atoms with van der Waals surface area (Å²) in [5, 5.41) is 17.3. The molecule has 9 heteroatoms. The van der Waals surface area contributed by atoms with Crippen molar-refractivity contribution in [2.24, 2.45) is 0 Å². The second-order valence-corrected chi connectivity index (χ2v) is 9.16. The number of nitrogens with zero attached hydrogens (tertiary/aromatic N) is 4. The molecule has 1 saturated heterocycles. The molecule has 4 aromatic rings. The lowest BCUT2D eigenvalue weighted by molar-refractivity contribution is 0.0572. The Kier molecular flexibility index (Phi) is 5.09. The molecule has 0 radical (unpaired) electrons. The molecule has 0 spiro atoms. The number of rotatable bonds is 4. The maximum atomic E-state index is 13.2. The molecular formula is C25H27N5O4. The lowest BCUT2D eigenvalue weighted by Gasteiger charge is -2.18. The number of hydrogen-bond donors (Lipinski definition) is 2. The van der Waals surface area contributed by atoms with E-state index in [0.717, 1.165) is 16.6 Å². The van der Waals surface area contributed by atoms with Gasteiger partial charge < -0.3 is 24.5 Å². The van der Waals surface area contributed by atoms with Crippen molar-refractivity contribution in [1.82, 2.24) is 24.2 Å². The number of amides is 2. The lowest BCUT2D eigenvalue weighted by atomic mass is 10.1. The largest absolute Gasteiger partial charge is 0.453 e. The first-order valence-electron chi connectivity index (χ1n) is 11.2. The molecule has 1 aliphatic heterocycles. The number of pyridine rings is 1. The summed E-state index contributed by atoms with van der Waals surface area (Å²) in [5.41, 5.74) is 3.43. The third kappa shape index (κ3) is 3.58. The summed E-state index contributed by atoms with van der Waals surface area (Å²) in [4.78, 5) is 27.1. The molecule has 1 aliphatic rings. The number of carbonyl (C=O) groups excluding carboxylic acids is 2. The van der Waals surface area contributed by atoms with Crippen molar-refractivity contribution in [3.05, 3.63) is 65.2 Å². The Labute approximate surface area is 196 Å². The third-order valence-electron chi connectivity index (χ3n) is 6.47. The zero-order valence-electron chi connectivity index (χ0n) is 19.6. The second-order valence-electron chi connectivity index (χ2n) is 9.16. The van der Waals surface area contributed by atoms with Gasteiger partial charge >= 0.3 is 0 Å². The van der Waals surface area contributed by atoms with E-state index in [2.05, 4.69) is 10.4 Å². The molecular weight excluding hydrogens is 434 g/mol. The normalized spacial score (nSPS) is 18.1. The van der Waals surface area contributed by atoms with Crippen molar-refractivity contribution in [1.29, 1.82) is 0 Å². The van der Waals surface area contributed by atoms with E-state index in [1.165, 1.54) is 0 Å². The Bertz CT molecular complexity index is 1450. The van der Waals surface area contributed by atoms with Crippen molar-refractivity contribution in [2.45, 2.75) is 32.8 Å². The summed E-state index contributed by atoms with van der Waals surface area (Å²) in [6.45, 7) is 6.34. The van der Waals surface area contributed by atoms with Crippen LogP contribution in [0.4, 0.5) is 0 Å². The fourth-order valence-corrected chi connectivity index (χ4v) is 4.71. The molecule has 34 heavy (non-hydrogen) atoms. The Morgan fingerprint density at radius 2 is 1.97 bits per heavy atom. The molecule has 5 rings (SSSR count). The number of hydrogen-bond acceptors (Lipinski definition) is 5. The third-order valence-corrected chi connectivity index (χ3v) is 6.47. The fraction of sp³-hybridized carbons (Fsp3) is 0.320. The quantitative estimate of drug-likeness (QED) is 0.487. The van der Waals surface area contributed by atoms with Crippen LogP contribution in [0.3, 0.4) is 0 Å². The monoisotopic (exact) mass is 461 g/mol. The number of carbonyl (C=O) groups is 2. The van der Waals surface area contributed by atoms with Crippen LogP contribution in [0.25, 0.3) is 11.0 Å². The molecule has 0 unspecified atom stereocenters. The topological polar surface area (TPSA) is 101 Å². The number of β-amino-alcohol motifs (C(OH)–C–C–N with tert-alkyl or cyclic N) is 1. The molecule has 176 valence electrons. The van der Waals surface area contributed by atoms with Crippen LogP contribution in [0, 0.1) is 13.8 Å². The molecule has 1 atom stereocenters. The summed E-state index contributed by atoms with van der Waals surface area (Å²) in [6.07, 6.45) is 7.60. The minimum absolute atomic E-state index is 0.127. The Hall–Kier alpha value is -3.85. The molecule has 2 N–H and O–H groups in total. The molecule has 0 bridgehead atoms. The summed E-state index contributed by atoms with van der Waals surface area (Å²) < 4.78 is 9.74. The zero-order chi connectivity index (χ0) is 24.2. The Balaban J connectivity index is 1.49. The fourth-order valence-electron chi connectivity index (χ4n) is 4.71. The average molecular weight is 462 g/mol. The highest BCUT2D eigenvalue weighted by molar-refractivity contribution is 6.02. The highest BCUT2D eigenvalue weighted by Crippen LogP contribution is 2.32. The maximum absolute atomic E-state index is 13.2. The standard InChI is InChI=1S/C25H27N5O4/c1-15-11-29-12-17(5-6-19(29)21(15)23(31)26-4)34-20-7-9-27-30-13-18(16(2)22(20)30)24(32)28-10-8-25(3,33)14-28/h5-7,9,11-13,33H,8,10,14H2,1-4H3,(H,26,31)/t25-/m0/s1. The van der Waals surface area contributed by atoms with Gasteiger partial charge in [0.25, 0.3) is 11.8 Å². The van der Waals surface area contributed by atoms with Gasteiger partial charge in [-0.25, -0.2) is 4.52 Å². The van der Waals surface area contributed by atoms with Crippen LogP contribution in [-0.2, 0) is 0 Å². The summed E-state index contributed by atoms with van der Waals surface area (Å²) >= 11 is 0. The highest BCUT2D eigenvalue weighted by Gasteiger charge is 2.35. The van der Waals surface area contributed by atoms with E-state index in [-0.39, 0.29) is 11.8 Å². The summed E-state index contributed by atoms with van der Waals surface area (Å²) in [6, 6.07) is 5.43. The van der Waals surface area contributed by atoms with Crippen molar-refractivity contribution in [2.75, 3.05) is 20.1 Å². The van der Waals surface area contributed by atoms with Crippen LogP contribution in [-0.4, -0.2) is 61.6 Å². The Morgan fingerprint density at radius 1 is 1.18 bits per heavy atom. The number of fused-ring (bicyclic) bond motifs is 2. The van der Waals surface area contributed by atoms with Crippen molar-refractivity contribution < 1.29 is 19.4 Å². The lowest BCUT2D eigenvalue weighted by Crippen LogP contribution is -2.34. The van der Waals surface area contributed by atoms with Crippen molar-refractivity contribution in [3.8, 4) is 11.5 Å². The van der Waals surface area contributed by atoms with Crippen LogP contribution < -0.4 is 10.1 Å². The van der Waals surface area contributed by atoms with Gasteiger partial charge in [-0.2, -0.15) is 5.10 Å². The zero-order valence-corrected chi connectivity index (χ0v) is 19.6. The SMILES string of the molecule is CNC(=O)c1c(C)cn2cc(Oc3ccnn4cc(C(=O)N5CC[C@](C)(O)C5)c(C)c34)ccc12. The van der Waals surface area contributed by atoms with Crippen LogP contribution >= 0.6 is 0 Å². The molecule has 0 aliphatic carbocycles. The van der Waals surface area contributed by atoms with E-state index in [0.29, 0.717) is 47.7 Å². The second kappa shape index (κ2) is 7.88. The Morgan fingerprint density at radius 3 is 2.68 bits per heavy atom. The number of aliphatic hydroxyl groups is 1. The van der Waals surface area contributed by atoms with Crippen LogP contribution in [0.1, 0.15) is 45.2 Å². The predicted octanol–water partition coefficient (Wildman–Crippen LogP) is 2.95. The van der Waals surface area contributed by atoms with Crippen molar-refractivity contribution in [3.63, 3.8) is 0 Å². The molecule has 4 aromatic heterocycles. The first-order valence-corrected chi connectivity index (χ1v) is 11.2. The molecule has 1 fully saturated rings. The molecule has 0 saturated carbocycles. The van der Waals surface area contributed by atoms with Crippen LogP contribution in [0.15, 0.2) is 43.0 Å². The first kappa shape index (κ1) is 22.0. The maximum Gasteiger partial charge on any atom is 0.255 e. The van der Waals surface area contributed by atoms with Gasteiger partial charge in [0.15, 0.2) is 5.75 Å². The number of aryl methyl sites for hydroxylation is 2. The minimum atomic E-state index is -0.859. The van der Waals surface area contributed by atoms with Crippen LogP contribution in [0.5, 0.6) is 11.5 Å². The van der Waals surface area contributed by atoms with Gasteiger partial charge in [0.2, 0.25) is 0 Å². The van der Waals surface area contributed by atoms with Crippen molar-refractivity contribution >= 4 is 22.8 Å². The van der Waals surface area contributed by atoms with E-state index in [4.69, 9.17) is 4.74 Å². The van der Waals surface area contributed by atoms with Gasteiger partial charge in [-0.1, -0.05) is 0 Å². The number of nitrogens with one attached hydrogen (secondary N) is 1. The molecule has 0 aromatic carbocycles. The molecule has 2 amide bonds. The first-order chi connectivity index (χ1) is 16.2. The van der Waals surface area contributed by atoms with E-state index in [1.54, 1.807) is 41.8 Å². The van der Waals surface area contributed by atoms with Gasteiger partial charge in [0.05, 0.1) is 34.6 Å². The van der Waals surface area contributed by atoms with Gasteiger partial charge in [-0.15, -0.1) is 0 Å². The van der Waals surface area contributed by atoms with E-state index >= 15 is 0 Å². The number of ether oxygens (including phenoxy) is 1. The summed E-state index contributed by atoms with van der Waals surface area (Å²) in [5.74, 6) is 0.889. The summed E-state index contributed by atoms with van der Waals surface area (Å²) in [7, 11) is 1.61. The number of aromatic nitrogens is 3. The highest BCUT2D eigenvalue weighted by atomic mass is 16.5. The predicted molar refractivity (Wildman–Crippen MR) is 127 cm³/mol. The smallest absolute Gasteiger partial charge is 0.255 e. The van der Waals surface area contributed by atoms with Gasteiger partial charge in [0.1, 0.15) is 11.3 Å². The molecule has 5 heterocycles. The van der Waals surface area contributed by atoms with E-state index in [9.17, 15) is 14.7 Å². The van der Waals surface area contributed by atoms with Gasteiger partial charge in [0, 0.05) is 38.6 Å². The van der Waals surface area contributed by atoms with E-state index in [1.807, 2.05) is 42.8 Å². The van der Waals surface area contributed by atoms with Gasteiger partial charge in [-0.05, 0) is 50.5 Å². The average Bonchev–Trinajstić information content (AvgIpc) is 3.45. The number of likely N-dealkylation sites (tertiary alicyclic amines) is 1.